The monoisotopic (exact) mass is 311 g/mol. The lowest BCUT2D eigenvalue weighted by Gasteiger charge is -2.12. The first-order valence-corrected chi connectivity index (χ1v) is 7.89. The average Bonchev–Trinajstić information content (AvgIpc) is 2.96. The number of carbonyl (C=O) groups excluding carboxylic acids is 1. The number of imidazole rings is 1. The number of hydrogen-bond donors (Lipinski definition) is 2. The molecule has 0 radical (unpaired) electrons. The Labute approximate surface area is 130 Å². The molecule has 7 heteroatoms. The Bertz CT molecular complexity index is 847. The van der Waals surface area contributed by atoms with Crippen LogP contribution >= 0.6 is 11.8 Å². The molecule has 0 unspecified atom stereocenters. The lowest BCUT2D eigenvalue weighted by molar-refractivity contribution is -0.115. The van der Waals surface area contributed by atoms with Crippen molar-refractivity contribution in [3.63, 3.8) is 0 Å². The predicted octanol–water partition coefficient (Wildman–Crippen LogP) is 2.40. The Hall–Kier alpha value is -2.41. The van der Waals surface area contributed by atoms with Gasteiger partial charge in [0.1, 0.15) is 16.9 Å². The molecule has 0 spiro atoms. The Morgan fingerprint density at radius 2 is 2.09 bits per heavy atom. The maximum absolute atomic E-state index is 12.5. The van der Waals surface area contributed by atoms with Crippen molar-refractivity contribution in [2.75, 3.05) is 5.32 Å². The van der Waals surface area contributed by atoms with E-state index >= 15 is 0 Å². The molecule has 2 N–H and O–H groups in total. The van der Waals surface area contributed by atoms with E-state index in [2.05, 4.69) is 31.3 Å². The molecule has 3 aromatic rings. The molecular formula is C15H13N5OS. The van der Waals surface area contributed by atoms with Crippen LogP contribution in [0, 0.1) is 0 Å². The lowest BCUT2D eigenvalue weighted by Crippen LogP contribution is -2.23. The van der Waals surface area contributed by atoms with Gasteiger partial charge in [-0.15, -0.1) is 0 Å². The molecule has 1 aliphatic rings. The second kappa shape index (κ2) is 5.42. The van der Waals surface area contributed by atoms with Crippen molar-refractivity contribution in [3.8, 4) is 0 Å². The van der Waals surface area contributed by atoms with Crippen molar-refractivity contribution in [2.24, 2.45) is 0 Å². The van der Waals surface area contributed by atoms with E-state index in [0.29, 0.717) is 5.65 Å². The molecule has 110 valence electrons. The van der Waals surface area contributed by atoms with Crippen LogP contribution in [0.15, 0.2) is 41.9 Å². The topological polar surface area (TPSA) is 83.6 Å². The summed E-state index contributed by atoms with van der Waals surface area (Å²) in [6, 6.07) is 7.93. The number of H-pyrrole nitrogens is 1. The van der Waals surface area contributed by atoms with E-state index in [9.17, 15) is 4.79 Å². The van der Waals surface area contributed by atoms with E-state index in [1.807, 2.05) is 18.2 Å². The Balaban J connectivity index is 1.61. The molecule has 1 atom stereocenters. The van der Waals surface area contributed by atoms with Crippen LogP contribution < -0.4 is 5.32 Å². The second-order valence-corrected chi connectivity index (χ2v) is 6.26. The molecule has 4 rings (SSSR count). The summed E-state index contributed by atoms with van der Waals surface area (Å²) in [7, 11) is 0. The zero-order chi connectivity index (χ0) is 14.9. The summed E-state index contributed by atoms with van der Waals surface area (Å²) in [5.41, 5.74) is 3.48. The van der Waals surface area contributed by atoms with Gasteiger partial charge in [-0.2, -0.15) is 0 Å². The fraction of sp³-hybridized carbons (Fsp3) is 0.200. The van der Waals surface area contributed by atoms with Gasteiger partial charge in [0.05, 0.1) is 11.6 Å². The molecule has 1 aliphatic heterocycles. The van der Waals surface area contributed by atoms with Gasteiger partial charge in [0, 0.05) is 5.69 Å². The van der Waals surface area contributed by atoms with Crippen LogP contribution in [0.1, 0.15) is 12.0 Å². The molecule has 0 bridgehead atoms. The Morgan fingerprint density at radius 3 is 3.05 bits per heavy atom. The second-order valence-electron chi connectivity index (χ2n) is 5.07. The number of anilines is 1. The van der Waals surface area contributed by atoms with Gasteiger partial charge >= 0.3 is 0 Å². The number of benzene rings is 1. The third-order valence-electron chi connectivity index (χ3n) is 3.69. The van der Waals surface area contributed by atoms with Crippen molar-refractivity contribution in [1.82, 2.24) is 19.9 Å². The van der Waals surface area contributed by atoms with Crippen LogP contribution in [0.3, 0.4) is 0 Å². The average molecular weight is 311 g/mol. The standard InChI is InChI=1S/C15H13N5OS/c21-14-11(6-5-9-3-1-2-4-10(9)20-14)22-15-12-13(17-7-16-12)18-8-19-15/h1-4,7-8,11H,5-6H2,(H,20,21)(H,16,17,18,19)/t11-/m1/s1. The van der Waals surface area contributed by atoms with Gasteiger partial charge in [0.2, 0.25) is 5.91 Å². The van der Waals surface area contributed by atoms with Gasteiger partial charge in [-0.05, 0) is 24.5 Å². The zero-order valence-electron chi connectivity index (χ0n) is 11.6. The fourth-order valence-corrected chi connectivity index (χ4v) is 3.62. The molecular weight excluding hydrogens is 298 g/mol. The molecule has 22 heavy (non-hydrogen) atoms. The first kappa shape index (κ1) is 13.3. The minimum atomic E-state index is -0.186. The van der Waals surface area contributed by atoms with E-state index in [1.54, 1.807) is 6.33 Å². The molecule has 0 fully saturated rings. The van der Waals surface area contributed by atoms with Crippen LogP contribution in [0.4, 0.5) is 5.69 Å². The predicted molar refractivity (Wildman–Crippen MR) is 84.7 cm³/mol. The van der Waals surface area contributed by atoms with Crippen LogP contribution in [-0.2, 0) is 11.2 Å². The van der Waals surface area contributed by atoms with Gasteiger partial charge in [-0.25, -0.2) is 15.0 Å². The SMILES string of the molecule is O=C1Nc2ccccc2CC[C@H]1Sc1ncnc2nc[nH]c12. The highest BCUT2D eigenvalue weighted by Gasteiger charge is 2.25. The van der Waals surface area contributed by atoms with Crippen molar-refractivity contribution in [3.05, 3.63) is 42.5 Å². The highest BCUT2D eigenvalue weighted by Crippen LogP contribution is 2.32. The van der Waals surface area contributed by atoms with E-state index in [-0.39, 0.29) is 11.2 Å². The number of aryl methyl sites for hydroxylation is 1. The summed E-state index contributed by atoms with van der Waals surface area (Å²) in [5, 5.41) is 3.58. The number of fused-ring (bicyclic) bond motifs is 2. The largest absolute Gasteiger partial charge is 0.341 e. The molecule has 2 aromatic heterocycles. The number of hydrogen-bond acceptors (Lipinski definition) is 5. The number of amides is 1. The third-order valence-corrected chi connectivity index (χ3v) is 4.95. The van der Waals surface area contributed by atoms with Crippen LogP contribution in [0.5, 0.6) is 0 Å². The maximum atomic E-state index is 12.5. The number of aromatic nitrogens is 4. The molecule has 3 heterocycles. The smallest absolute Gasteiger partial charge is 0.237 e. The molecule has 0 saturated carbocycles. The van der Waals surface area contributed by atoms with Gasteiger partial charge in [0.15, 0.2) is 5.65 Å². The summed E-state index contributed by atoms with van der Waals surface area (Å²) >= 11 is 1.46. The number of carbonyl (C=O) groups is 1. The summed E-state index contributed by atoms with van der Waals surface area (Å²) in [6.45, 7) is 0. The van der Waals surface area contributed by atoms with E-state index < -0.39 is 0 Å². The van der Waals surface area contributed by atoms with Crippen molar-refractivity contribution in [1.29, 1.82) is 0 Å². The molecule has 0 aliphatic carbocycles. The number of thioether (sulfide) groups is 1. The van der Waals surface area contributed by atoms with E-state index in [4.69, 9.17) is 0 Å². The van der Waals surface area contributed by atoms with Crippen molar-refractivity contribution >= 4 is 34.5 Å². The maximum Gasteiger partial charge on any atom is 0.237 e. The Kier molecular flexibility index (Phi) is 3.27. The van der Waals surface area contributed by atoms with Crippen LogP contribution in [-0.4, -0.2) is 31.1 Å². The Morgan fingerprint density at radius 1 is 1.18 bits per heavy atom. The summed E-state index contributed by atoms with van der Waals surface area (Å²) in [4.78, 5) is 28.0. The minimum Gasteiger partial charge on any atom is -0.341 e. The fourth-order valence-electron chi connectivity index (χ4n) is 2.57. The molecule has 0 saturated heterocycles. The van der Waals surface area contributed by atoms with Gasteiger partial charge in [0.25, 0.3) is 0 Å². The molecule has 6 nitrogen and oxygen atoms in total. The van der Waals surface area contributed by atoms with Crippen LogP contribution in [0.2, 0.25) is 0 Å². The lowest BCUT2D eigenvalue weighted by atomic mass is 10.1. The zero-order valence-corrected chi connectivity index (χ0v) is 12.4. The molecule has 1 amide bonds. The quantitative estimate of drug-likeness (QED) is 0.710. The number of nitrogens with zero attached hydrogens (tertiary/aromatic N) is 3. The summed E-state index contributed by atoms with van der Waals surface area (Å²) in [5.74, 6) is 0.0150. The van der Waals surface area contributed by atoms with Crippen molar-refractivity contribution in [2.45, 2.75) is 23.1 Å². The van der Waals surface area contributed by atoms with Crippen LogP contribution in [0.25, 0.3) is 11.2 Å². The normalized spacial score (nSPS) is 17.8. The van der Waals surface area contributed by atoms with Gasteiger partial charge in [-0.3, -0.25) is 4.79 Å². The molecule has 1 aromatic carbocycles. The first-order valence-electron chi connectivity index (χ1n) is 7.01. The highest BCUT2D eigenvalue weighted by molar-refractivity contribution is 8.00. The van der Waals surface area contributed by atoms with Gasteiger partial charge < -0.3 is 10.3 Å². The summed E-state index contributed by atoms with van der Waals surface area (Å²) < 4.78 is 0. The van der Waals surface area contributed by atoms with Crippen molar-refractivity contribution < 1.29 is 4.79 Å². The summed E-state index contributed by atoms with van der Waals surface area (Å²) in [6.07, 6.45) is 4.71. The van der Waals surface area contributed by atoms with E-state index in [1.165, 1.54) is 23.7 Å². The third kappa shape index (κ3) is 2.33. The van der Waals surface area contributed by atoms with E-state index in [0.717, 1.165) is 29.1 Å². The number of rotatable bonds is 2. The van der Waals surface area contributed by atoms with Gasteiger partial charge in [-0.1, -0.05) is 30.0 Å². The highest BCUT2D eigenvalue weighted by atomic mass is 32.2. The number of aromatic amines is 1. The minimum absolute atomic E-state index is 0.0150. The number of nitrogens with one attached hydrogen (secondary N) is 2. The first-order chi connectivity index (χ1) is 10.8. The number of para-hydroxylation sites is 1.